The molecule has 98 valence electrons. The first-order valence-electron chi connectivity index (χ1n) is 6.38. The molecule has 0 unspecified atom stereocenters. The summed E-state index contributed by atoms with van der Waals surface area (Å²) in [5.41, 5.74) is 3.10. The summed E-state index contributed by atoms with van der Waals surface area (Å²) in [6.45, 7) is 2.90. The Morgan fingerprint density at radius 3 is 2.95 bits per heavy atom. The molecule has 5 heteroatoms. The van der Waals surface area contributed by atoms with E-state index in [-0.39, 0.29) is 0 Å². The number of nitrogens with one attached hydrogen (secondary N) is 2. The number of rotatable bonds is 4. The summed E-state index contributed by atoms with van der Waals surface area (Å²) in [7, 11) is 1.93. The van der Waals surface area contributed by atoms with Crippen LogP contribution in [0.2, 0.25) is 0 Å². The highest BCUT2D eigenvalue weighted by atomic mass is 16.3. The highest BCUT2D eigenvalue weighted by Gasteiger charge is 2.14. The molecule has 0 aliphatic rings. The van der Waals surface area contributed by atoms with Crippen molar-refractivity contribution in [2.45, 2.75) is 19.9 Å². The summed E-state index contributed by atoms with van der Waals surface area (Å²) in [4.78, 5) is 12.4. The van der Waals surface area contributed by atoms with E-state index in [1.807, 2.05) is 25.4 Å². The number of aromatic amines is 1. The molecule has 0 aromatic carbocycles. The maximum atomic E-state index is 5.37. The van der Waals surface area contributed by atoms with E-state index in [0.717, 1.165) is 29.7 Å². The van der Waals surface area contributed by atoms with Gasteiger partial charge in [0.15, 0.2) is 11.6 Å². The summed E-state index contributed by atoms with van der Waals surface area (Å²) in [5.74, 6) is 1.33. The van der Waals surface area contributed by atoms with E-state index < -0.39 is 0 Å². The van der Waals surface area contributed by atoms with Crippen molar-refractivity contribution in [2.75, 3.05) is 7.05 Å². The van der Waals surface area contributed by atoms with Crippen LogP contribution in [-0.2, 0) is 13.0 Å². The van der Waals surface area contributed by atoms with Crippen LogP contribution in [0, 0.1) is 0 Å². The van der Waals surface area contributed by atoms with Crippen LogP contribution >= 0.6 is 0 Å². The molecular weight excluding hydrogens is 240 g/mol. The summed E-state index contributed by atoms with van der Waals surface area (Å²) < 4.78 is 5.37. The van der Waals surface area contributed by atoms with Crippen molar-refractivity contribution < 1.29 is 4.42 Å². The summed E-state index contributed by atoms with van der Waals surface area (Å²) in [6.07, 6.45) is 4.48. The molecule has 3 aromatic rings. The molecule has 0 aliphatic carbocycles. The van der Waals surface area contributed by atoms with Crippen molar-refractivity contribution in [3.63, 3.8) is 0 Å². The number of aromatic nitrogens is 3. The molecule has 0 amide bonds. The fraction of sp³-hybridized carbons (Fsp3) is 0.286. The molecule has 3 rings (SSSR count). The second-order valence-corrected chi connectivity index (χ2v) is 4.39. The van der Waals surface area contributed by atoms with Gasteiger partial charge in [-0.15, -0.1) is 0 Å². The van der Waals surface area contributed by atoms with Gasteiger partial charge >= 0.3 is 0 Å². The number of furan rings is 1. The highest BCUT2D eigenvalue weighted by molar-refractivity contribution is 5.83. The molecule has 3 heterocycles. The maximum Gasteiger partial charge on any atom is 0.197 e. The summed E-state index contributed by atoms with van der Waals surface area (Å²) in [5, 5.41) is 4.28. The third kappa shape index (κ3) is 2.02. The molecule has 0 atom stereocenters. The van der Waals surface area contributed by atoms with Crippen molar-refractivity contribution in [2.24, 2.45) is 0 Å². The van der Waals surface area contributed by atoms with Crippen molar-refractivity contribution >= 4 is 11.0 Å². The fourth-order valence-electron chi connectivity index (χ4n) is 2.28. The Labute approximate surface area is 111 Å². The molecule has 2 N–H and O–H groups in total. The summed E-state index contributed by atoms with van der Waals surface area (Å²) in [6, 6.07) is 3.72. The summed E-state index contributed by atoms with van der Waals surface area (Å²) >= 11 is 0. The first kappa shape index (κ1) is 11.9. The molecule has 0 radical (unpaired) electrons. The SMILES string of the molecule is CCc1nc(-c2ccco2)nc2[nH]cc(CNC)c12. The Balaban J connectivity index is 2.20. The number of hydrogen-bond acceptors (Lipinski definition) is 4. The smallest absolute Gasteiger partial charge is 0.197 e. The minimum Gasteiger partial charge on any atom is -0.461 e. The third-order valence-electron chi connectivity index (χ3n) is 3.13. The molecule has 3 aromatic heterocycles. The molecule has 19 heavy (non-hydrogen) atoms. The zero-order chi connectivity index (χ0) is 13.2. The zero-order valence-corrected chi connectivity index (χ0v) is 11.0. The van der Waals surface area contributed by atoms with Crippen LogP contribution in [0.5, 0.6) is 0 Å². The quantitative estimate of drug-likeness (QED) is 0.752. The Kier molecular flexibility index (Phi) is 3.05. The average molecular weight is 256 g/mol. The predicted octanol–water partition coefficient (Wildman–Crippen LogP) is 2.50. The molecule has 0 saturated heterocycles. The van der Waals surface area contributed by atoms with E-state index in [0.29, 0.717) is 11.6 Å². The number of nitrogens with zero attached hydrogens (tertiary/aromatic N) is 2. The molecule has 0 fully saturated rings. The molecular formula is C14H16N4O. The van der Waals surface area contributed by atoms with Crippen LogP contribution in [0.3, 0.4) is 0 Å². The lowest BCUT2D eigenvalue weighted by Gasteiger charge is -2.04. The van der Waals surface area contributed by atoms with Crippen LogP contribution < -0.4 is 5.32 Å². The second kappa shape index (κ2) is 4.85. The number of aryl methyl sites for hydroxylation is 1. The topological polar surface area (TPSA) is 66.7 Å². The number of hydrogen-bond donors (Lipinski definition) is 2. The van der Waals surface area contributed by atoms with Crippen molar-refractivity contribution in [3.05, 3.63) is 35.9 Å². The van der Waals surface area contributed by atoms with Gasteiger partial charge in [0, 0.05) is 18.1 Å². The molecule has 0 saturated carbocycles. The van der Waals surface area contributed by atoms with Crippen LogP contribution in [0.1, 0.15) is 18.2 Å². The standard InChI is InChI=1S/C14H16N4O/c1-3-10-12-9(7-15-2)8-16-14(12)18-13(17-10)11-5-4-6-19-11/h4-6,8,15H,3,7H2,1-2H3,(H,16,17,18). The van der Waals surface area contributed by atoms with Gasteiger partial charge in [-0.1, -0.05) is 6.92 Å². The van der Waals surface area contributed by atoms with Gasteiger partial charge in [-0.05, 0) is 31.2 Å². The maximum absolute atomic E-state index is 5.37. The third-order valence-corrected chi connectivity index (χ3v) is 3.13. The zero-order valence-electron chi connectivity index (χ0n) is 11.0. The largest absolute Gasteiger partial charge is 0.461 e. The minimum absolute atomic E-state index is 0.632. The minimum atomic E-state index is 0.632. The van der Waals surface area contributed by atoms with E-state index >= 15 is 0 Å². The van der Waals surface area contributed by atoms with Crippen LogP contribution in [-0.4, -0.2) is 22.0 Å². The number of fused-ring (bicyclic) bond motifs is 1. The van der Waals surface area contributed by atoms with Crippen molar-refractivity contribution in [1.29, 1.82) is 0 Å². The molecule has 0 spiro atoms. The Hall–Kier alpha value is -2.14. The van der Waals surface area contributed by atoms with Gasteiger partial charge in [0.2, 0.25) is 0 Å². The van der Waals surface area contributed by atoms with Gasteiger partial charge in [0.1, 0.15) is 5.65 Å². The normalized spacial score (nSPS) is 11.3. The Morgan fingerprint density at radius 2 is 2.26 bits per heavy atom. The van der Waals surface area contributed by atoms with E-state index in [9.17, 15) is 0 Å². The first-order chi connectivity index (χ1) is 9.33. The number of H-pyrrole nitrogens is 1. The van der Waals surface area contributed by atoms with Gasteiger partial charge in [-0.25, -0.2) is 9.97 Å². The van der Waals surface area contributed by atoms with E-state index in [2.05, 4.69) is 27.2 Å². The highest BCUT2D eigenvalue weighted by Crippen LogP contribution is 2.24. The monoisotopic (exact) mass is 256 g/mol. The van der Waals surface area contributed by atoms with Gasteiger partial charge in [-0.3, -0.25) is 0 Å². The van der Waals surface area contributed by atoms with Crippen LogP contribution in [0.4, 0.5) is 0 Å². The van der Waals surface area contributed by atoms with Gasteiger partial charge in [0.25, 0.3) is 0 Å². The van der Waals surface area contributed by atoms with Crippen molar-refractivity contribution in [3.8, 4) is 11.6 Å². The second-order valence-electron chi connectivity index (χ2n) is 4.39. The average Bonchev–Trinajstić information content (AvgIpc) is 3.07. The Bertz CT molecular complexity index is 685. The fourth-order valence-corrected chi connectivity index (χ4v) is 2.28. The van der Waals surface area contributed by atoms with E-state index in [1.165, 1.54) is 5.56 Å². The van der Waals surface area contributed by atoms with Gasteiger partial charge < -0.3 is 14.7 Å². The predicted molar refractivity (Wildman–Crippen MR) is 73.7 cm³/mol. The Morgan fingerprint density at radius 1 is 1.37 bits per heavy atom. The van der Waals surface area contributed by atoms with Gasteiger partial charge in [0.05, 0.1) is 12.0 Å². The molecule has 0 aliphatic heterocycles. The lowest BCUT2D eigenvalue weighted by atomic mass is 10.1. The van der Waals surface area contributed by atoms with Gasteiger partial charge in [-0.2, -0.15) is 0 Å². The molecule has 5 nitrogen and oxygen atoms in total. The van der Waals surface area contributed by atoms with Crippen molar-refractivity contribution in [1.82, 2.24) is 20.3 Å². The first-order valence-corrected chi connectivity index (χ1v) is 6.38. The molecule has 0 bridgehead atoms. The lowest BCUT2D eigenvalue weighted by molar-refractivity contribution is 0.577. The van der Waals surface area contributed by atoms with E-state index in [1.54, 1.807) is 6.26 Å². The lowest BCUT2D eigenvalue weighted by Crippen LogP contribution is -2.05. The van der Waals surface area contributed by atoms with Crippen LogP contribution in [0.15, 0.2) is 29.0 Å². The van der Waals surface area contributed by atoms with Crippen LogP contribution in [0.25, 0.3) is 22.6 Å². The van der Waals surface area contributed by atoms with E-state index in [4.69, 9.17) is 4.42 Å².